The summed E-state index contributed by atoms with van der Waals surface area (Å²) >= 11 is 6.22. The van der Waals surface area contributed by atoms with Crippen molar-refractivity contribution in [3.05, 3.63) is 65.2 Å². The van der Waals surface area contributed by atoms with Crippen molar-refractivity contribution in [3.63, 3.8) is 0 Å². The van der Waals surface area contributed by atoms with Crippen molar-refractivity contribution in [2.75, 3.05) is 16.3 Å². The summed E-state index contributed by atoms with van der Waals surface area (Å²) in [6.45, 7) is 1.97. The lowest BCUT2D eigenvalue weighted by molar-refractivity contribution is -0.139. The Balaban J connectivity index is 1.16. The lowest BCUT2D eigenvalue weighted by atomic mass is 9.85. The Hall–Kier alpha value is -3.45. The van der Waals surface area contributed by atoms with E-state index >= 15 is 0 Å². The Bertz CT molecular complexity index is 1290. The molecule has 6 rings (SSSR count). The van der Waals surface area contributed by atoms with Gasteiger partial charge in [-0.3, -0.25) is 19.2 Å². The van der Waals surface area contributed by atoms with Crippen LogP contribution in [0.5, 0.6) is 5.75 Å². The molecule has 2 aromatic carbocycles. The van der Waals surface area contributed by atoms with E-state index < -0.39 is 11.9 Å². The van der Waals surface area contributed by atoms with Crippen LogP contribution in [0.15, 0.2) is 54.6 Å². The maximum Gasteiger partial charge on any atom is 0.316 e. The van der Waals surface area contributed by atoms with Gasteiger partial charge in [-0.1, -0.05) is 35.9 Å². The smallest absolute Gasteiger partial charge is 0.316 e. The second-order valence-corrected chi connectivity index (χ2v) is 10.1. The number of carbonyl (C=O) groups is 4. The lowest BCUT2D eigenvalue weighted by Gasteiger charge is -2.20. The average molecular weight is 491 g/mol. The molecule has 35 heavy (non-hydrogen) atoms. The van der Waals surface area contributed by atoms with Crippen LogP contribution >= 0.6 is 11.6 Å². The third kappa shape index (κ3) is 3.40. The Labute approximate surface area is 207 Å². The van der Waals surface area contributed by atoms with Crippen LogP contribution in [-0.4, -0.2) is 30.2 Å². The average Bonchev–Trinajstić information content (AvgIpc) is 3.59. The molecule has 2 aliphatic heterocycles. The van der Waals surface area contributed by atoms with Crippen molar-refractivity contribution < 1.29 is 23.9 Å². The first-order valence-electron chi connectivity index (χ1n) is 11.8. The number of para-hydroxylation sites is 1. The molecule has 178 valence electrons. The van der Waals surface area contributed by atoms with E-state index in [9.17, 15) is 19.2 Å². The minimum Gasteiger partial charge on any atom is -0.426 e. The van der Waals surface area contributed by atoms with E-state index in [2.05, 4.69) is 12.2 Å². The second kappa shape index (κ2) is 8.05. The Morgan fingerprint density at radius 2 is 1.66 bits per heavy atom. The zero-order valence-electron chi connectivity index (χ0n) is 19.0. The maximum absolute atomic E-state index is 13.1. The van der Waals surface area contributed by atoms with E-state index in [1.54, 1.807) is 49.4 Å². The van der Waals surface area contributed by atoms with Gasteiger partial charge in [-0.2, -0.15) is 0 Å². The lowest BCUT2D eigenvalue weighted by Crippen LogP contribution is -2.33. The second-order valence-electron chi connectivity index (χ2n) is 9.74. The third-order valence-corrected chi connectivity index (χ3v) is 8.02. The van der Waals surface area contributed by atoms with Crippen LogP contribution in [0.1, 0.15) is 18.4 Å². The van der Waals surface area contributed by atoms with Crippen molar-refractivity contribution in [1.82, 2.24) is 0 Å². The molecule has 1 saturated carbocycles. The van der Waals surface area contributed by atoms with Crippen molar-refractivity contribution in [2.45, 2.75) is 19.8 Å². The molecule has 2 heterocycles. The Morgan fingerprint density at radius 3 is 2.31 bits per heavy atom. The number of fused-ring (bicyclic) bond motifs is 5. The van der Waals surface area contributed by atoms with Crippen LogP contribution in [0.4, 0.5) is 11.4 Å². The molecule has 0 spiro atoms. The molecular weight excluding hydrogens is 468 g/mol. The molecule has 3 fully saturated rings. The van der Waals surface area contributed by atoms with Gasteiger partial charge in [0, 0.05) is 13.0 Å². The van der Waals surface area contributed by atoms with E-state index in [1.165, 1.54) is 9.80 Å². The van der Waals surface area contributed by atoms with Gasteiger partial charge in [0.2, 0.25) is 17.7 Å². The number of halogens is 1. The molecule has 3 amide bonds. The predicted octanol–water partition coefficient (Wildman–Crippen LogP) is 3.92. The normalized spacial score (nSPS) is 28.9. The standard InChI is InChI=1S/C27H23ClN2O5/c1-14-10-18(35-27(34)17-12-22(31)29(13-17)21-5-3-2-4-19(21)28)8-9-20(14)30-25(32)23-15-6-7-16(11-15)24(23)26(30)33/h2-10,15-17,23-24H,11-13H2,1H3/t15-,16-,17+,23+,24+/m0/s1. The van der Waals surface area contributed by atoms with Gasteiger partial charge >= 0.3 is 5.97 Å². The number of carbonyl (C=O) groups excluding carboxylic acids is 4. The summed E-state index contributed by atoms with van der Waals surface area (Å²) in [5, 5.41) is 0.444. The fourth-order valence-electron chi connectivity index (χ4n) is 6.05. The molecule has 4 aliphatic rings. The number of nitrogens with zero attached hydrogens (tertiary/aromatic N) is 2. The molecule has 8 heteroatoms. The van der Waals surface area contributed by atoms with Crippen LogP contribution in [-0.2, 0) is 19.2 Å². The minimum atomic E-state index is -0.622. The molecule has 0 radical (unpaired) electrons. The SMILES string of the molecule is Cc1cc(OC(=O)[C@@H]2CC(=O)N(c3ccccc3Cl)C2)ccc1N1C(=O)[C@H]2[C@H](C1=O)[C@H]1C=C[C@H]2C1. The molecule has 0 aromatic heterocycles. The monoisotopic (exact) mass is 490 g/mol. The molecule has 2 aromatic rings. The maximum atomic E-state index is 13.1. The van der Waals surface area contributed by atoms with E-state index in [4.69, 9.17) is 16.3 Å². The van der Waals surface area contributed by atoms with Crippen LogP contribution in [0, 0.1) is 36.5 Å². The van der Waals surface area contributed by atoms with Gasteiger partial charge in [-0.05, 0) is 61.1 Å². The van der Waals surface area contributed by atoms with Gasteiger partial charge in [-0.15, -0.1) is 0 Å². The zero-order valence-corrected chi connectivity index (χ0v) is 19.8. The van der Waals surface area contributed by atoms with Gasteiger partial charge < -0.3 is 9.64 Å². The Morgan fingerprint density at radius 1 is 0.971 bits per heavy atom. The molecular formula is C27H23ClN2O5. The summed E-state index contributed by atoms with van der Waals surface area (Å²) in [5.41, 5.74) is 1.76. The van der Waals surface area contributed by atoms with Crippen molar-refractivity contribution in [2.24, 2.45) is 29.6 Å². The highest BCUT2D eigenvalue weighted by Gasteiger charge is 2.59. The number of esters is 1. The summed E-state index contributed by atoms with van der Waals surface area (Å²) in [6.07, 6.45) is 5.05. The molecule has 7 nitrogen and oxygen atoms in total. The Kier molecular flexibility index (Phi) is 5.07. The summed E-state index contributed by atoms with van der Waals surface area (Å²) in [6, 6.07) is 11.9. The quantitative estimate of drug-likeness (QED) is 0.281. The first-order valence-corrected chi connectivity index (χ1v) is 12.1. The van der Waals surface area contributed by atoms with Gasteiger partial charge in [0.1, 0.15) is 5.75 Å². The van der Waals surface area contributed by atoms with Crippen molar-refractivity contribution in [3.8, 4) is 5.75 Å². The zero-order chi connectivity index (χ0) is 24.4. The number of anilines is 2. The van der Waals surface area contributed by atoms with E-state index in [1.807, 2.05) is 0 Å². The minimum absolute atomic E-state index is 0.0387. The largest absolute Gasteiger partial charge is 0.426 e. The number of imide groups is 1. The molecule has 0 N–H and O–H groups in total. The van der Waals surface area contributed by atoms with E-state index in [0.717, 1.165) is 6.42 Å². The molecule has 5 atom stereocenters. The number of allylic oxidation sites excluding steroid dienone is 2. The number of amides is 3. The van der Waals surface area contributed by atoms with Crippen molar-refractivity contribution >= 4 is 46.7 Å². The number of rotatable bonds is 4. The fourth-order valence-corrected chi connectivity index (χ4v) is 6.29. The highest BCUT2D eigenvalue weighted by Crippen LogP contribution is 2.53. The van der Waals surface area contributed by atoms with E-state index in [0.29, 0.717) is 27.7 Å². The molecule has 2 aliphatic carbocycles. The van der Waals surface area contributed by atoms with Gasteiger partial charge in [0.05, 0.1) is 34.2 Å². The topological polar surface area (TPSA) is 84.0 Å². The summed E-state index contributed by atoms with van der Waals surface area (Å²) in [4.78, 5) is 54.4. The van der Waals surface area contributed by atoms with Crippen LogP contribution in [0.25, 0.3) is 0 Å². The van der Waals surface area contributed by atoms with Crippen molar-refractivity contribution in [1.29, 1.82) is 0 Å². The number of hydrogen-bond acceptors (Lipinski definition) is 5. The highest BCUT2D eigenvalue weighted by atomic mass is 35.5. The molecule has 2 saturated heterocycles. The van der Waals surface area contributed by atoms with Gasteiger partial charge in [0.15, 0.2) is 0 Å². The van der Waals surface area contributed by atoms with Crippen LogP contribution in [0.2, 0.25) is 5.02 Å². The fraction of sp³-hybridized carbons (Fsp3) is 0.333. The number of ether oxygens (including phenoxy) is 1. The number of benzene rings is 2. The van der Waals surface area contributed by atoms with Crippen LogP contribution in [0.3, 0.4) is 0 Å². The number of aryl methyl sites for hydroxylation is 1. The predicted molar refractivity (Wildman–Crippen MR) is 129 cm³/mol. The number of hydrogen-bond donors (Lipinski definition) is 0. The highest BCUT2D eigenvalue weighted by molar-refractivity contribution is 6.34. The third-order valence-electron chi connectivity index (χ3n) is 7.70. The van der Waals surface area contributed by atoms with Gasteiger partial charge in [-0.25, -0.2) is 4.90 Å². The van der Waals surface area contributed by atoms with E-state index in [-0.39, 0.29) is 54.4 Å². The van der Waals surface area contributed by atoms with Crippen LogP contribution < -0.4 is 14.5 Å². The summed E-state index contributed by atoms with van der Waals surface area (Å²) in [7, 11) is 0. The molecule has 2 bridgehead atoms. The first kappa shape index (κ1) is 22.0. The molecule has 0 unspecified atom stereocenters. The summed E-state index contributed by atoms with van der Waals surface area (Å²) < 4.78 is 5.58. The first-order chi connectivity index (χ1) is 16.8. The van der Waals surface area contributed by atoms with Gasteiger partial charge in [0.25, 0.3) is 0 Å². The summed E-state index contributed by atoms with van der Waals surface area (Å²) in [5.74, 6) is -1.55.